The summed E-state index contributed by atoms with van der Waals surface area (Å²) in [4.78, 5) is 10.1. The summed E-state index contributed by atoms with van der Waals surface area (Å²) in [6, 6.07) is 4.52. The Morgan fingerprint density at radius 1 is 1.50 bits per heavy atom. The van der Waals surface area contributed by atoms with E-state index in [1.807, 2.05) is 22.9 Å². The van der Waals surface area contributed by atoms with Gasteiger partial charge in [-0.25, -0.2) is 0 Å². The summed E-state index contributed by atoms with van der Waals surface area (Å²) in [5, 5.41) is 18.1. The molecule has 0 saturated carbocycles. The average molecular weight is 331 g/mol. The first kappa shape index (κ1) is 10.8. The van der Waals surface area contributed by atoms with Crippen LogP contribution in [-0.2, 0) is 0 Å². The summed E-state index contributed by atoms with van der Waals surface area (Å²) in [7, 11) is 0. The van der Waals surface area contributed by atoms with Crippen LogP contribution >= 0.6 is 22.9 Å². The Kier molecular flexibility index (Phi) is 2.73. The van der Waals surface area contributed by atoms with Gasteiger partial charge >= 0.3 is 0 Å². The van der Waals surface area contributed by atoms with Gasteiger partial charge in [-0.2, -0.15) is 2.90 Å². The number of nitrogen functional groups attached to an aromatic ring is 1. The third-order valence-corrected chi connectivity index (χ3v) is 2.74. The van der Waals surface area contributed by atoms with Crippen LogP contribution in [0.1, 0.15) is 0 Å². The van der Waals surface area contributed by atoms with E-state index in [1.165, 1.54) is 12.1 Å². The molecular weight excluding hydrogens is 325 g/mol. The van der Waals surface area contributed by atoms with Crippen LogP contribution in [0.15, 0.2) is 24.4 Å². The summed E-state index contributed by atoms with van der Waals surface area (Å²) in [6.07, 6.45) is 1.56. The summed E-state index contributed by atoms with van der Waals surface area (Å²) >= 11 is 1.96. The topological polar surface area (TPSA) is 99.9 Å². The molecule has 0 spiro atoms. The number of nitro benzene ring substituents is 1. The molecule has 0 bridgehead atoms. The van der Waals surface area contributed by atoms with Crippen molar-refractivity contribution >= 4 is 34.2 Å². The van der Waals surface area contributed by atoms with Crippen molar-refractivity contribution in [2.45, 2.75) is 0 Å². The maximum Gasteiger partial charge on any atom is 0.292 e. The first-order valence-corrected chi connectivity index (χ1v) is 5.17. The normalized spacial score (nSPS) is 10.3. The van der Waals surface area contributed by atoms with Crippen molar-refractivity contribution in [3.63, 3.8) is 0 Å². The average Bonchev–Trinajstić information content (AvgIpc) is 2.63. The largest absolute Gasteiger partial charge is 0.393 e. The molecule has 0 aliphatic rings. The van der Waals surface area contributed by atoms with Gasteiger partial charge in [0, 0.05) is 11.6 Å². The minimum atomic E-state index is -0.515. The molecule has 0 atom stereocenters. The van der Waals surface area contributed by atoms with Crippen molar-refractivity contribution in [2.75, 3.05) is 5.73 Å². The molecule has 0 aliphatic heterocycles. The van der Waals surface area contributed by atoms with Crippen molar-refractivity contribution in [2.24, 2.45) is 0 Å². The molecule has 16 heavy (non-hydrogen) atoms. The number of nitrogens with zero attached hydrogens (tertiary/aromatic N) is 4. The second-order valence-electron chi connectivity index (χ2n) is 3.01. The Morgan fingerprint density at radius 3 is 2.75 bits per heavy atom. The van der Waals surface area contributed by atoms with Gasteiger partial charge in [-0.15, -0.1) is 5.10 Å². The van der Waals surface area contributed by atoms with E-state index in [4.69, 9.17) is 5.73 Å². The van der Waals surface area contributed by atoms with E-state index in [9.17, 15) is 10.1 Å². The van der Waals surface area contributed by atoms with Crippen LogP contribution in [0.3, 0.4) is 0 Å². The molecule has 0 aliphatic carbocycles. The van der Waals surface area contributed by atoms with Gasteiger partial charge in [-0.1, -0.05) is 5.21 Å². The van der Waals surface area contributed by atoms with Gasteiger partial charge in [-0.05, 0) is 12.1 Å². The van der Waals surface area contributed by atoms with E-state index in [-0.39, 0.29) is 11.4 Å². The molecule has 82 valence electrons. The molecule has 1 aromatic heterocycles. The zero-order valence-electron chi connectivity index (χ0n) is 7.87. The fraction of sp³-hybridized carbons (Fsp3) is 0. The second-order valence-corrected chi connectivity index (χ2v) is 3.92. The number of aromatic nitrogens is 3. The van der Waals surface area contributed by atoms with E-state index >= 15 is 0 Å². The van der Waals surface area contributed by atoms with Gasteiger partial charge in [0.05, 0.1) is 34.0 Å². The highest BCUT2D eigenvalue weighted by Crippen LogP contribution is 2.28. The second kappa shape index (κ2) is 4.04. The molecule has 8 heteroatoms. The van der Waals surface area contributed by atoms with Gasteiger partial charge < -0.3 is 5.73 Å². The highest BCUT2D eigenvalue weighted by atomic mass is 127. The molecule has 1 heterocycles. The number of hydrogen-bond acceptors (Lipinski definition) is 5. The molecule has 7 nitrogen and oxygen atoms in total. The molecule has 0 amide bonds. The maximum atomic E-state index is 10.6. The minimum absolute atomic E-state index is 0.101. The Balaban J connectivity index is 2.50. The third-order valence-electron chi connectivity index (χ3n) is 2.03. The number of nitrogens with two attached hydrogens (primary N) is 1. The molecular formula is C8H6IN5O2. The number of nitro groups is 1. The highest BCUT2D eigenvalue weighted by Gasteiger charge is 2.13. The van der Waals surface area contributed by atoms with E-state index < -0.39 is 4.92 Å². The number of halogens is 1. The van der Waals surface area contributed by atoms with Crippen molar-refractivity contribution in [1.29, 1.82) is 0 Å². The van der Waals surface area contributed by atoms with E-state index in [0.717, 1.165) is 11.3 Å². The molecule has 2 N–H and O–H groups in total. The maximum absolute atomic E-state index is 10.6. The summed E-state index contributed by atoms with van der Waals surface area (Å²) in [5.74, 6) is 0. The van der Waals surface area contributed by atoms with Crippen molar-refractivity contribution in [3.8, 4) is 11.3 Å². The van der Waals surface area contributed by atoms with E-state index in [1.54, 1.807) is 15.2 Å². The molecule has 2 aromatic rings. The zero-order valence-corrected chi connectivity index (χ0v) is 10.0. The van der Waals surface area contributed by atoms with Gasteiger partial charge in [0.1, 0.15) is 11.4 Å². The van der Waals surface area contributed by atoms with E-state index in [0.29, 0.717) is 0 Å². The Bertz CT molecular complexity index is 553. The minimum Gasteiger partial charge on any atom is -0.393 e. The lowest BCUT2D eigenvalue weighted by atomic mass is 10.1. The Morgan fingerprint density at radius 2 is 2.25 bits per heavy atom. The fourth-order valence-corrected chi connectivity index (χ4v) is 1.80. The lowest BCUT2D eigenvalue weighted by molar-refractivity contribution is -0.383. The number of rotatable bonds is 2. The number of benzene rings is 1. The smallest absolute Gasteiger partial charge is 0.292 e. The lowest BCUT2D eigenvalue weighted by Crippen LogP contribution is -1.96. The highest BCUT2D eigenvalue weighted by molar-refractivity contribution is 14.1. The predicted octanol–water partition coefficient (Wildman–Crippen LogP) is 1.63. The van der Waals surface area contributed by atoms with Crippen LogP contribution in [0.4, 0.5) is 11.4 Å². The van der Waals surface area contributed by atoms with E-state index in [2.05, 4.69) is 10.3 Å². The van der Waals surface area contributed by atoms with Crippen LogP contribution in [0.2, 0.25) is 0 Å². The van der Waals surface area contributed by atoms with Crippen LogP contribution in [0.25, 0.3) is 11.3 Å². The van der Waals surface area contributed by atoms with Crippen LogP contribution in [0.5, 0.6) is 0 Å². The number of anilines is 1. The summed E-state index contributed by atoms with van der Waals surface area (Å²) in [5.41, 5.74) is 7.09. The zero-order chi connectivity index (χ0) is 11.7. The molecule has 1 aromatic carbocycles. The van der Waals surface area contributed by atoms with Gasteiger partial charge in [0.25, 0.3) is 5.69 Å². The van der Waals surface area contributed by atoms with Crippen molar-refractivity contribution in [3.05, 3.63) is 34.5 Å². The Hall–Kier alpha value is -1.71. The third kappa shape index (κ3) is 1.83. The predicted molar refractivity (Wildman–Crippen MR) is 65.9 cm³/mol. The summed E-state index contributed by atoms with van der Waals surface area (Å²) in [6.45, 7) is 0. The van der Waals surface area contributed by atoms with Gasteiger partial charge in [-0.3, -0.25) is 10.1 Å². The molecule has 0 radical (unpaired) electrons. The standard InChI is InChI=1S/C8H6IN5O2/c9-13-8(4-11-12-13)5-1-2-7(14(15)16)6(10)3-5/h1-4H,10H2. The lowest BCUT2D eigenvalue weighted by Gasteiger charge is -2.01. The van der Waals surface area contributed by atoms with Gasteiger partial charge in [0.2, 0.25) is 0 Å². The Labute approximate surface area is 104 Å². The van der Waals surface area contributed by atoms with Crippen LogP contribution in [0, 0.1) is 10.1 Å². The van der Waals surface area contributed by atoms with Crippen molar-refractivity contribution < 1.29 is 4.92 Å². The van der Waals surface area contributed by atoms with Crippen LogP contribution < -0.4 is 5.73 Å². The first-order valence-electron chi connectivity index (χ1n) is 4.20. The van der Waals surface area contributed by atoms with Crippen LogP contribution in [-0.4, -0.2) is 18.1 Å². The molecule has 2 rings (SSSR count). The monoisotopic (exact) mass is 331 g/mol. The van der Waals surface area contributed by atoms with Gasteiger partial charge in [0.15, 0.2) is 0 Å². The van der Waals surface area contributed by atoms with Crippen molar-refractivity contribution in [1.82, 2.24) is 13.2 Å². The first-order chi connectivity index (χ1) is 7.59. The molecule has 0 saturated heterocycles. The SMILES string of the molecule is Nc1cc(-c2cnnn2I)ccc1[N+](=O)[O-]. The quantitative estimate of drug-likeness (QED) is 0.390. The fourth-order valence-electron chi connectivity index (χ4n) is 1.28. The summed E-state index contributed by atoms with van der Waals surface area (Å²) < 4.78 is 1.54. The molecule has 0 fully saturated rings. The number of hydrogen-bond donors (Lipinski definition) is 1. The molecule has 0 unspecified atom stereocenters.